The molecule has 9 heteroatoms. The van der Waals surface area contributed by atoms with Crippen LogP contribution in [0.15, 0.2) is 34.7 Å². The van der Waals surface area contributed by atoms with Crippen LogP contribution < -0.4 is 9.62 Å². The van der Waals surface area contributed by atoms with Gasteiger partial charge >= 0.3 is 5.97 Å². The summed E-state index contributed by atoms with van der Waals surface area (Å²) in [5.74, 6) is 0.149. The minimum absolute atomic E-state index is 0.0320. The number of nitrogens with zero attached hydrogens (tertiary/aromatic N) is 2. The molecule has 0 amide bonds. The van der Waals surface area contributed by atoms with Crippen molar-refractivity contribution < 1.29 is 17.9 Å². The van der Waals surface area contributed by atoms with Gasteiger partial charge in [-0.05, 0) is 24.3 Å². The van der Waals surface area contributed by atoms with E-state index in [2.05, 4.69) is 14.4 Å². The molecule has 2 rings (SSSR count). The van der Waals surface area contributed by atoms with Crippen molar-refractivity contribution >= 4 is 38.8 Å². The summed E-state index contributed by atoms with van der Waals surface area (Å²) in [7, 11) is 1.16. The fraction of sp³-hybridized carbons (Fsp3) is 0.231. The molecule has 0 aliphatic carbocycles. The fourth-order valence-electron chi connectivity index (χ4n) is 1.59. The van der Waals surface area contributed by atoms with Gasteiger partial charge in [-0.15, -0.1) is 11.3 Å². The third-order valence-electron chi connectivity index (χ3n) is 2.69. The number of hydrogen-bond acceptors (Lipinski definition) is 7. The number of aromatic nitrogens is 1. The van der Waals surface area contributed by atoms with Crippen molar-refractivity contribution in [1.82, 2.24) is 4.98 Å². The number of thiophene rings is 1. The smallest absolute Gasteiger partial charge is 0.348 e. The zero-order valence-corrected chi connectivity index (χ0v) is 13.9. The molecule has 0 spiro atoms. The van der Waals surface area contributed by atoms with Crippen LogP contribution in [0.25, 0.3) is 0 Å². The Labute approximate surface area is 132 Å². The van der Waals surface area contributed by atoms with E-state index in [1.54, 1.807) is 17.0 Å². The number of hydrogen-bond donors (Lipinski definition) is 1. The summed E-state index contributed by atoms with van der Waals surface area (Å²) in [4.78, 5) is 17.5. The molecule has 0 aromatic carbocycles. The molecule has 2 aromatic heterocycles. The Balaban J connectivity index is 2.20. The normalized spacial score (nSPS) is 11.0. The summed E-state index contributed by atoms with van der Waals surface area (Å²) >= 11 is 0.846. The molecule has 118 valence electrons. The van der Waals surface area contributed by atoms with Crippen LogP contribution in [0.2, 0.25) is 0 Å². The van der Waals surface area contributed by atoms with Crippen molar-refractivity contribution in [2.45, 2.75) is 4.21 Å². The van der Waals surface area contributed by atoms with E-state index in [0.717, 1.165) is 11.3 Å². The van der Waals surface area contributed by atoms with Crippen molar-refractivity contribution in [1.29, 1.82) is 0 Å². The number of nitrogens with one attached hydrogen (secondary N) is 1. The predicted molar refractivity (Wildman–Crippen MR) is 85.0 cm³/mol. The maximum Gasteiger partial charge on any atom is 0.348 e. The Hall–Kier alpha value is -2.13. The highest BCUT2D eigenvalue weighted by molar-refractivity contribution is 7.94. The molecule has 0 aliphatic heterocycles. The first-order valence-electron chi connectivity index (χ1n) is 6.18. The molecular weight excluding hydrogens is 326 g/mol. The molecule has 22 heavy (non-hydrogen) atoms. The quantitative estimate of drug-likeness (QED) is 0.834. The van der Waals surface area contributed by atoms with E-state index in [4.69, 9.17) is 0 Å². The summed E-state index contributed by atoms with van der Waals surface area (Å²) in [5, 5.41) is 0. The second-order valence-corrected chi connectivity index (χ2v) is 7.51. The second kappa shape index (κ2) is 6.32. The summed E-state index contributed by atoms with van der Waals surface area (Å²) in [6.07, 6.45) is 1.43. The molecule has 1 N–H and O–H groups in total. The second-order valence-electron chi connectivity index (χ2n) is 4.52. The van der Waals surface area contributed by atoms with Gasteiger partial charge in [0.1, 0.15) is 14.9 Å². The highest BCUT2D eigenvalue weighted by Crippen LogP contribution is 2.24. The van der Waals surface area contributed by atoms with E-state index in [9.17, 15) is 13.2 Å². The standard InChI is InChI=1S/C13H15N3O4S2/c1-16(2)11-6-4-9(8-14-11)15-22(18,19)12-7-5-10(21-12)13(17)20-3/h4-8,15H,1-3H3. The van der Waals surface area contributed by atoms with Crippen LogP contribution in [-0.4, -0.2) is 40.6 Å². The number of sulfonamides is 1. The highest BCUT2D eigenvalue weighted by atomic mass is 32.2. The number of carbonyl (C=O) groups excluding carboxylic acids is 1. The predicted octanol–water partition coefficient (Wildman–Crippen LogP) is 1.80. The van der Waals surface area contributed by atoms with Gasteiger partial charge in [-0.3, -0.25) is 4.72 Å². The van der Waals surface area contributed by atoms with Crippen molar-refractivity contribution in [2.75, 3.05) is 30.8 Å². The van der Waals surface area contributed by atoms with E-state index >= 15 is 0 Å². The minimum Gasteiger partial charge on any atom is -0.465 e. The highest BCUT2D eigenvalue weighted by Gasteiger charge is 2.19. The molecule has 2 heterocycles. The number of methoxy groups -OCH3 is 1. The molecule has 0 unspecified atom stereocenters. The van der Waals surface area contributed by atoms with Gasteiger partial charge in [0.2, 0.25) is 0 Å². The lowest BCUT2D eigenvalue weighted by atomic mass is 10.4. The Bertz CT molecular complexity index is 767. The third kappa shape index (κ3) is 3.55. The Morgan fingerprint density at radius 3 is 2.55 bits per heavy atom. The van der Waals surface area contributed by atoms with Gasteiger partial charge < -0.3 is 9.64 Å². The maximum absolute atomic E-state index is 12.3. The number of esters is 1. The molecule has 0 fully saturated rings. The maximum atomic E-state index is 12.3. The van der Waals surface area contributed by atoms with Crippen molar-refractivity contribution in [2.24, 2.45) is 0 Å². The summed E-state index contributed by atoms with van der Waals surface area (Å²) < 4.78 is 31.5. The molecule has 0 radical (unpaired) electrons. The Morgan fingerprint density at radius 2 is 2.00 bits per heavy atom. The number of rotatable bonds is 5. The Morgan fingerprint density at radius 1 is 1.27 bits per heavy atom. The van der Waals surface area contributed by atoms with Gasteiger partial charge in [0.15, 0.2) is 0 Å². The van der Waals surface area contributed by atoms with Crippen molar-refractivity contribution in [3.05, 3.63) is 35.3 Å². The van der Waals surface area contributed by atoms with Crippen LogP contribution in [0.4, 0.5) is 11.5 Å². The van der Waals surface area contributed by atoms with Crippen LogP contribution in [0.1, 0.15) is 9.67 Å². The van der Waals surface area contributed by atoms with Crippen LogP contribution >= 0.6 is 11.3 Å². The van der Waals surface area contributed by atoms with Crippen LogP contribution in [0, 0.1) is 0 Å². The molecule has 0 saturated heterocycles. The largest absolute Gasteiger partial charge is 0.465 e. The lowest BCUT2D eigenvalue weighted by molar-refractivity contribution is 0.0606. The zero-order chi connectivity index (χ0) is 16.3. The van der Waals surface area contributed by atoms with Gasteiger partial charge in [0, 0.05) is 14.1 Å². The molecule has 7 nitrogen and oxygen atoms in total. The number of anilines is 2. The molecule has 0 aliphatic rings. The average Bonchev–Trinajstić information content (AvgIpc) is 2.97. The fourth-order valence-corrected chi connectivity index (χ4v) is 3.86. The Kier molecular flexibility index (Phi) is 4.67. The number of carbonyl (C=O) groups is 1. The average molecular weight is 341 g/mol. The monoisotopic (exact) mass is 341 g/mol. The number of ether oxygens (including phenoxy) is 1. The van der Waals surface area contributed by atoms with E-state index in [1.807, 2.05) is 14.1 Å². The molecule has 0 atom stereocenters. The summed E-state index contributed by atoms with van der Waals surface area (Å²) in [6, 6.07) is 6.10. The summed E-state index contributed by atoms with van der Waals surface area (Å²) in [5.41, 5.74) is 0.346. The zero-order valence-electron chi connectivity index (χ0n) is 12.2. The van der Waals surface area contributed by atoms with Crippen molar-refractivity contribution in [3.63, 3.8) is 0 Å². The van der Waals surface area contributed by atoms with Gasteiger partial charge in [0.05, 0.1) is 19.0 Å². The van der Waals surface area contributed by atoms with E-state index in [-0.39, 0.29) is 9.09 Å². The van der Waals surface area contributed by atoms with Gasteiger partial charge in [-0.25, -0.2) is 18.2 Å². The van der Waals surface area contributed by atoms with Crippen molar-refractivity contribution in [3.8, 4) is 0 Å². The SMILES string of the molecule is COC(=O)c1ccc(S(=O)(=O)Nc2ccc(N(C)C)nc2)s1. The minimum atomic E-state index is -3.76. The van der Waals surface area contributed by atoms with Gasteiger partial charge in [-0.1, -0.05) is 0 Å². The first kappa shape index (κ1) is 16.2. The first-order valence-corrected chi connectivity index (χ1v) is 8.48. The van der Waals surface area contributed by atoms with E-state index in [0.29, 0.717) is 11.5 Å². The van der Waals surface area contributed by atoms with Crippen LogP contribution in [0.5, 0.6) is 0 Å². The lowest BCUT2D eigenvalue weighted by Gasteiger charge is -2.11. The van der Waals surface area contributed by atoms with E-state index < -0.39 is 16.0 Å². The molecule has 0 saturated carbocycles. The van der Waals surface area contributed by atoms with Crippen LogP contribution in [0.3, 0.4) is 0 Å². The summed E-state index contributed by atoms with van der Waals surface area (Å²) in [6.45, 7) is 0. The topological polar surface area (TPSA) is 88.6 Å². The van der Waals surface area contributed by atoms with Gasteiger partial charge in [0.25, 0.3) is 10.0 Å². The molecule has 2 aromatic rings. The molecule has 0 bridgehead atoms. The lowest BCUT2D eigenvalue weighted by Crippen LogP contribution is -2.13. The molecular formula is C13H15N3O4S2. The van der Waals surface area contributed by atoms with Gasteiger partial charge in [-0.2, -0.15) is 0 Å². The third-order valence-corrected chi connectivity index (χ3v) is 5.63. The van der Waals surface area contributed by atoms with Crippen LogP contribution in [-0.2, 0) is 14.8 Å². The number of pyridine rings is 1. The van der Waals surface area contributed by atoms with E-state index in [1.165, 1.54) is 25.4 Å². The first-order chi connectivity index (χ1) is 10.3.